The Morgan fingerprint density at radius 3 is 0.991 bits per heavy atom. The van der Waals surface area contributed by atoms with Crippen LogP contribution in [0.25, 0.3) is 0 Å². The summed E-state index contributed by atoms with van der Waals surface area (Å²) < 4.78 is 34.4. The third kappa shape index (κ3) is 49.9. The van der Waals surface area contributed by atoms with Crippen LogP contribution in [0, 0.1) is 0 Å². The smallest absolute Gasteiger partial charge is 0.220 e. The Morgan fingerprint density at radius 2 is 0.619 bits per heavy atom. The van der Waals surface area contributed by atoms with Crippen LogP contribution in [0.2, 0.25) is 0 Å². The van der Waals surface area contributed by atoms with E-state index in [1.165, 1.54) is 135 Å². The molecule has 3 fully saturated rings. The molecule has 3 aliphatic rings. The third-order valence-electron chi connectivity index (χ3n) is 20.5. The fraction of sp³-hybridized carbons (Fsp3) is 0.691. The lowest BCUT2D eigenvalue weighted by Crippen LogP contribution is -2.66. The quantitative estimate of drug-likeness (QED) is 0.0199. The number of ether oxygens (including phenoxy) is 6. The molecule has 17 atom stereocenters. The van der Waals surface area contributed by atoms with Crippen molar-refractivity contribution in [2.75, 3.05) is 26.4 Å². The Morgan fingerprint density at radius 1 is 0.327 bits per heavy atom. The van der Waals surface area contributed by atoms with Crippen molar-refractivity contribution in [3.63, 3.8) is 0 Å². The van der Waals surface area contributed by atoms with Crippen LogP contribution in [0.4, 0.5) is 0 Å². The van der Waals surface area contributed by atoms with E-state index in [2.05, 4.69) is 177 Å². The van der Waals surface area contributed by atoms with Crippen LogP contribution in [0.5, 0.6) is 0 Å². The number of carbonyl (C=O) groups is 1. The summed E-state index contributed by atoms with van der Waals surface area (Å²) in [5, 5.41) is 121. The van der Waals surface area contributed by atoms with E-state index in [1.54, 1.807) is 6.08 Å². The van der Waals surface area contributed by atoms with Gasteiger partial charge in [-0.15, -0.1) is 0 Å². The maximum atomic E-state index is 13.5. The number of amides is 1. The van der Waals surface area contributed by atoms with Gasteiger partial charge in [0.05, 0.1) is 38.6 Å². The molecule has 644 valence electrons. The summed E-state index contributed by atoms with van der Waals surface area (Å²) in [6.07, 6.45) is 80.7. The van der Waals surface area contributed by atoms with Crippen LogP contribution in [0.3, 0.4) is 0 Å². The van der Waals surface area contributed by atoms with Gasteiger partial charge in [0.15, 0.2) is 18.9 Å². The molecule has 19 nitrogen and oxygen atoms in total. The van der Waals surface area contributed by atoms with Crippen LogP contribution in [0.1, 0.15) is 284 Å². The number of hydrogen-bond acceptors (Lipinski definition) is 18. The molecule has 12 N–H and O–H groups in total. The van der Waals surface area contributed by atoms with E-state index >= 15 is 0 Å². The molecule has 3 saturated heterocycles. The Labute approximate surface area is 681 Å². The zero-order chi connectivity index (χ0) is 81.7. The van der Waals surface area contributed by atoms with Crippen molar-refractivity contribution in [3.8, 4) is 0 Å². The van der Waals surface area contributed by atoms with Crippen molar-refractivity contribution >= 4 is 5.91 Å². The van der Waals surface area contributed by atoms with Gasteiger partial charge in [0.25, 0.3) is 0 Å². The molecule has 1 amide bonds. The molecule has 113 heavy (non-hydrogen) atoms. The van der Waals surface area contributed by atoms with E-state index in [9.17, 15) is 61.0 Å². The topological polar surface area (TPSA) is 307 Å². The van der Waals surface area contributed by atoms with Gasteiger partial charge < -0.3 is 89.9 Å². The lowest BCUT2D eigenvalue weighted by atomic mass is 9.96. The number of allylic oxidation sites excluding steroid dienone is 27. The first-order valence-electron chi connectivity index (χ1n) is 43.9. The first kappa shape index (κ1) is 102. The van der Waals surface area contributed by atoms with Gasteiger partial charge in [-0.25, -0.2) is 0 Å². The maximum absolute atomic E-state index is 13.5. The summed E-state index contributed by atoms with van der Waals surface area (Å²) in [4.78, 5) is 13.5. The molecule has 19 heteroatoms. The van der Waals surface area contributed by atoms with E-state index in [1.807, 2.05) is 6.08 Å². The summed E-state index contributed by atoms with van der Waals surface area (Å²) >= 11 is 0. The summed E-state index contributed by atoms with van der Waals surface area (Å²) in [5.41, 5.74) is 0. The minimum atomic E-state index is -2.00. The molecule has 0 saturated carbocycles. The molecular formula is C94H155NO18. The number of unbranched alkanes of at least 4 members (excludes halogenated alkanes) is 26. The van der Waals surface area contributed by atoms with Gasteiger partial charge in [-0.05, 0) is 128 Å². The highest BCUT2D eigenvalue weighted by Crippen LogP contribution is 2.33. The predicted octanol–water partition coefficient (Wildman–Crippen LogP) is 16.5. The van der Waals surface area contributed by atoms with Crippen molar-refractivity contribution in [1.82, 2.24) is 5.32 Å². The minimum Gasteiger partial charge on any atom is -0.394 e. The van der Waals surface area contributed by atoms with Crippen LogP contribution in [-0.4, -0.2) is 193 Å². The Hall–Kier alpha value is -4.85. The van der Waals surface area contributed by atoms with Crippen LogP contribution >= 0.6 is 0 Å². The van der Waals surface area contributed by atoms with E-state index in [-0.39, 0.29) is 12.3 Å². The average molecular weight is 1590 g/mol. The molecule has 17 unspecified atom stereocenters. The fourth-order valence-electron chi connectivity index (χ4n) is 13.5. The molecule has 0 aromatic heterocycles. The number of rotatable bonds is 68. The van der Waals surface area contributed by atoms with E-state index in [0.29, 0.717) is 12.8 Å². The van der Waals surface area contributed by atoms with Gasteiger partial charge in [0.1, 0.15) is 73.2 Å². The highest BCUT2D eigenvalue weighted by atomic mass is 16.8. The number of aliphatic hydroxyl groups is 11. The van der Waals surface area contributed by atoms with Crippen molar-refractivity contribution in [1.29, 1.82) is 0 Å². The predicted molar refractivity (Wildman–Crippen MR) is 456 cm³/mol. The first-order valence-corrected chi connectivity index (χ1v) is 43.9. The minimum absolute atomic E-state index is 0.180. The summed E-state index contributed by atoms with van der Waals surface area (Å²) in [5.74, 6) is -0.327. The first-order chi connectivity index (χ1) is 55.3. The van der Waals surface area contributed by atoms with Crippen LogP contribution < -0.4 is 5.32 Å². The van der Waals surface area contributed by atoms with Crippen molar-refractivity contribution in [3.05, 3.63) is 170 Å². The third-order valence-corrected chi connectivity index (χ3v) is 20.5. The maximum Gasteiger partial charge on any atom is 0.220 e. The molecule has 0 spiro atoms. The van der Waals surface area contributed by atoms with Crippen molar-refractivity contribution in [2.45, 2.75) is 388 Å². The second-order valence-electron chi connectivity index (χ2n) is 30.2. The molecule has 3 heterocycles. The van der Waals surface area contributed by atoms with Gasteiger partial charge in [0.2, 0.25) is 5.91 Å². The van der Waals surface area contributed by atoms with Gasteiger partial charge in [0, 0.05) is 6.42 Å². The summed E-state index contributed by atoms with van der Waals surface area (Å²) in [6.45, 7) is 1.58. The zero-order valence-electron chi connectivity index (χ0n) is 69.3. The lowest BCUT2D eigenvalue weighted by Gasteiger charge is -2.48. The van der Waals surface area contributed by atoms with Crippen LogP contribution in [-0.2, 0) is 33.2 Å². The van der Waals surface area contributed by atoms with Crippen LogP contribution in [0.15, 0.2) is 170 Å². The Balaban J connectivity index is 1.39. The molecule has 0 bridgehead atoms. The molecule has 0 aromatic carbocycles. The largest absolute Gasteiger partial charge is 0.394 e. The van der Waals surface area contributed by atoms with E-state index < -0.39 is 131 Å². The second kappa shape index (κ2) is 71.3. The van der Waals surface area contributed by atoms with E-state index in [0.717, 1.165) is 116 Å². The molecule has 0 aromatic rings. The average Bonchev–Trinajstić information content (AvgIpc) is 0.779. The fourth-order valence-corrected chi connectivity index (χ4v) is 13.5. The number of hydrogen-bond donors (Lipinski definition) is 12. The van der Waals surface area contributed by atoms with Gasteiger partial charge in [-0.1, -0.05) is 319 Å². The summed E-state index contributed by atoms with van der Waals surface area (Å²) in [6, 6.07) is -1.03. The van der Waals surface area contributed by atoms with Gasteiger partial charge in [-0.3, -0.25) is 4.79 Å². The van der Waals surface area contributed by atoms with Crippen molar-refractivity contribution < 1.29 is 89.4 Å². The highest BCUT2D eigenvalue weighted by Gasteiger charge is 2.54. The Kier molecular flexibility index (Phi) is 64.6. The van der Waals surface area contributed by atoms with Gasteiger partial charge >= 0.3 is 0 Å². The highest BCUT2D eigenvalue weighted by molar-refractivity contribution is 5.76. The molecule has 3 rings (SSSR count). The Bertz CT molecular complexity index is 2710. The number of carbonyl (C=O) groups excluding carboxylic acids is 1. The molecule has 3 aliphatic heterocycles. The summed E-state index contributed by atoms with van der Waals surface area (Å²) in [7, 11) is 0. The lowest BCUT2D eigenvalue weighted by molar-refractivity contribution is -0.379. The zero-order valence-corrected chi connectivity index (χ0v) is 69.3. The van der Waals surface area contributed by atoms with E-state index in [4.69, 9.17) is 28.4 Å². The second-order valence-corrected chi connectivity index (χ2v) is 30.2. The number of aliphatic hydroxyl groups excluding tert-OH is 11. The molecule has 0 aliphatic carbocycles. The molecule has 0 radical (unpaired) electrons. The van der Waals surface area contributed by atoms with Crippen molar-refractivity contribution in [2.24, 2.45) is 0 Å². The number of nitrogens with one attached hydrogen (secondary N) is 1. The SMILES string of the molecule is CC/C=C\C/C=C\C/C=C\C/C=C\C/C=C\C/C=C\C/C=C\C/C=C\C/C=C\C/C=C\C/C=C\CCCCCC(=O)NC(COC1OC(CO)C(OC2OC(CO)C(OC3OC(CO)C(O)C(O)C3O)C(O)C2O)C(O)C1O)C(O)/C=C/CC/C=C/CC/C=C/CCCCCCCCCCCCCCCCCCCCCCC. The molecular weight excluding hydrogens is 1430 g/mol. The standard InChI is InChI=1S/C94H155NO18/c1-3-5-7-9-11-13-15-17-19-21-23-25-27-29-31-33-35-36-37-38-39-40-42-44-46-48-50-52-54-56-58-60-62-64-66-68-70-72-82(100)95-77(78(99)71-69-67-65-63-61-59-57-55-53-51-49-47-45-43-41-34-32-30-28-26-24-22-20-18-16-14-12-10-8-6-4-2)76-108-92-88(106)85(103)90(80(74-97)110-92)113-94-89(107)86(104)91(81(75-98)111-94)112-93-87(105)84(102)83(101)79(73-96)109-93/h5,7,11,13,17,19,23,25,29,31,35-36,38-39,42,44,48,50,53-56,60-63,69,71,77-81,83-94,96-99,101-107H,3-4,6,8-10,12,14-16,18,20-22,24,26-28,30,32-34,37,40-41,43,45-47,49,51-52,57-59,64-68,70,72-76H2,1-2H3,(H,95,100)/b7-5-,13-11-,19-17-,25-23-,31-29-,36-35-,39-38-,44-42-,50-48-,55-53+,56-54-,62-60-,63-61+,71-69+. The normalized spacial score (nSPS) is 25.7. The van der Waals surface area contributed by atoms with Gasteiger partial charge in [-0.2, -0.15) is 0 Å². The monoisotopic (exact) mass is 1590 g/mol.